The number of Topliss-reactive ketones (excluding diaryl/α,β-unsaturated/α-hetero) is 1. The monoisotopic (exact) mass is 264 g/mol. The minimum absolute atomic E-state index is 0.0247. The van der Waals surface area contributed by atoms with Gasteiger partial charge < -0.3 is 4.90 Å². The molecule has 5 heteroatoms. The van der Waals surface area contributed by atoms with Crippen molar-refractivity contribution in [3.8, 4) is 0 Å². The average molecular weight is 264 g/mol. The quantitative estimate of drug-likeness (QED) is 0.790. The second-order valence-corrected chi connectivity index (χ2v) is 4.77. The maximum Gasteiger partial charge on any atom is 0.190 e. The van der Waals surface area contributed by atoms with E-state index in [4.69, 9.17) is 0 Å². The predicted octanol–water partition coefficient (Wildman–Crippen LogP) is 3.64. The number of rotatable bonds is 4. The van der Waals surface area contributed by atoms with Crippen molar-refractivity contribution in [2.75, 3.05) is 11.4 Å². The summed E-state index contributed by atoms with van der Waals surface area (Å²) >= 11 is 1.28. The summed E-state index contributed by atoms with van der Waals surface area (Å²) in [6.45, 7) is 4.00. The number of para-hydroxylation sites is 1. The van der Waals surface area contributed by atoms with Gasteiger partial charge in [0, 0.05) is 13.5 Å². The molecule has 0 fully saturated rings. The Balaban J connectivity index is 2.39. The highest BCUT2D eigenvalue weighted by molar-refractivity contribution is 7.17. The Morgan fingerprint density at radius 3 is 2.72 bits per heavy atom. The first-order valence-electron chi connectivity index (χ1n) is 5.62. The normalized spacial score (nSPS) is 10.4. The number of benzene rings is 1. The molecule has 0 saturated carbocycles. The molecular weight excluding hydrogens is 251 g/mol. The second-order valence-electron chi connectivity index (χ2n) is 3.76. The first kappa shape index (κ1) is 12.7. The van der Waals surface area contributed by atoms with E-state index in [1.54, 1.807) is 23.1 Å². The van der Waals surface area contributed by atoms with Crippen molar-refractivity contribution in [2.45, 2.75) is 13.8 Å². The molecule has 0 spiro atoms. The van der Waals surface area contributed by atoms with Gasteiger partial charge in [0.1, 0.15) is 5.82 Å². The lowest BCUT2D eigenvalue weighted by Gasteiger charge is -2.20. The third-order valence-electron chi connectivity index (χ3n) is 2.53. The van der Waals surface area contributed by atoms with Gasteiger partial charge in [-0.15, -0.1) is 0 Å². The van der Waals surface area contributed by atoms with Gasteiger partial charge in [0.15, 0.2) is 10.9 Å². The molecule has 0 atom stereocenters. The summed E-state index contributed by atoms with van der Waals surface area (Å²) in [5, 5.41) is 0.632. The molecule has 1 heterocycles. The van der Waals surface area contributed by atoms with E-state index in [9.17, 15) is 9.18 Å². The lowest BCUT2D eigenvalue weighted by Crippen LogP contribution is -2.16. The Bertz CT molecular complexity index is 568. The fraction of sp³-hybridized carbons (Fsp3) is 0.231. The maximum atomic E-state index is 13.7. The molecule has 0 saturated heterocycles. The highest BCUT2D eigenvalue weighted by Crippen LogP contribution is 2.30. The van der Waals surface area contributed by atoms with Crippen LogP contribution in [0.3, 0.4) is 0 Å². The van der Waals surface area contributed by atoms with Crippen molar-refractivity contribution in [1.82, 2.24) is 4.98 Å². The number of aromatic nitrogens is 1. The van der Waals surface area contributed by atoms with E-state index < -0.39 is 0 Å². The Morgan fingerprint density at radius 1 is 1.44 bits per heavy atom. The molecule has 0 aliphatic rings. The van der Waals surface area contributed by atoms with Gasteiger partial charge in [-0.3, -0.25) is 4.79 Å². The van der Waals surface area contributed by atoms with Gasteiger partial charge >= 0.3 is 0 Å². The Kier molecular flexibility index (Phi) is 3.72. The van der Waals surface area contributed by atoms with Crippen LogP contribution in [0.25, 0.3) is 0 Å². The number of hydrogen-bond acceptors (Lipinski definition) is 4. The van der Waals surface area contributed by atoms with Crippen molar-refractivity contribution < 1.29 is 9.18 Å². The molecule has 0 unspecified atom stereocenters. The molecule has 1 aromatic carbocycles. The lowest BCUT2D eigenvalue weighted by molar-refractivity contribution is 0.102. The summed E-state index contributed by atoms with van der Waals surface area (Å²) < 4.78 is 13.7. The molecule has 0 aliphatic heterocycles. The van der Waals surface area contributed by atoms with E-state index in [0.717, 1.165) is 0 Å². The SMILES string of the molecule is CCN(c1ncc(C(C)=O)s1)c1ccccc1F. The van der Waals surface area contributed by atoms with E-state index in [1.807, 2.05) is 6.92 Å². The van der Waals surface area contributed by atoms with Crippen LogP contribution in [-0.2, 0) is 0 Å². The zero-order chi connectivity index (χ0) is 13.1. The molecule has 2 rings (SSSR count). The fourth-order valence-corrected chi connectivity index (χ4v) is 2.52. The van der Waals surface area contributed by atoms with Crippen LogP contribution in [0, 0.1) is 5.82 Å². The topological polar surface area (TPSA) is 33.2 Å². The van der Waals surface area contributed by atoms with Crippen LogP contribution in [0.2, 0.25) is 0 Å². The molecule has 18 heavy (non-hydrogen) atoms. The van der Waals surface area contributed by atoms with Crippen LogP contribution in [0.4, 0.5) is 15.2 Å². The van der Waals surface area contributed by atoms with Gasteiger partial charge in [-0.05, 0) is 19.1 Å². The fourth-order valence-electron chi connectivity index (χ4n) is 1.63. The first-order valence-corrected chi connectivity index (χ1v) is 6.44. The molecule has 0 amide bonds. The molecule has 2 aromatic rings. The third kappa shape index (κ3) is 2.41. The van der Waals surface area contributed by atoms with Crippen molar-refractivity contribution in [2.24, 2.45) is 0 Å². The molecule has 0 radical (unpaired) electrons. The van der Waals surface area contributed by atoms with Crippen LogP contribution < -0.4 is 4.90 Å². The van der Waals surface area contributed by atoms with Crippen LogP contribution >= 0.6 is 11.3 Å². The van der Waals surface area contributed by atoms with Crippen molar-refractivity contribution in [1.29, 1.82) is 0 Å². The second kappa shape index (κ2) is 5.27. The highest BCUT2D eigenvalue weighted by atomic mass is 32.1. The number of nitrogens with zero attached hydrogens (tertiary/aromatic N) is 2. The molecule has 0 aliphatic carbocycles. The Morgan fingerprint density at radius 2 is 2.17 bits per heavy atom. The van der Waals surface area contributed by atoms with Crippen LogP contribution in [0.1, 0.15) is 23.5 Å². The van der Waals surface area contributed by atoms with Crippen LogP contribution in [0.15, 0.2) is 30.5 Å². The van der Waals surface area contributed by atoms with Gasteiger partial charge in [0.2, 0.25) is 0 Å². The summed E-state index contributed by atoms with van der Waals surface area (Å²) in [5.41, 5.74) is 0.476. The summed E-state index contributed by atoms with van der Waals surface area (Å²) in [6, 6.07) is 6.54. The first-order chi connectivity index (χ1) is 8.63. The highest BCUT2D eigenvalue weighted by Gasteiger charge is 2.16. The molecule has 0 bridgehead atoms. The van der Waals surface area contributed by atoms with Crippen LogP contribution in [-0.4, -0.2) is 17.3 Å². The number of carbonyl (C=O) groups excluding carboxylic acids is 1. The number of thiazole rings is 1. The smallest absolute Gasteiger partial charge is 0.190 e. The van der Waals surface area contributed by atoms with Crippen LogP contribution in [0.5, 0.6) is 0 Å². The van der Waals surface area contributed by atoms with Gasteiger partial charge in [-0.2, -0.15) is 0 Å². The van der Waals surface area contributed by atoms with Crippen molar-refractivity contribution in [3.05, 3.63) is 41.2 Å². The summed E-state index contributed by atoms with van der Waals surface area (Å²) in [6.07, 6.45) is 1.53. The Hall–Kier alpha value is -1.75. The lowest BCUT2D eigenvalue weighted by atomic mass is 10.3. The molecule has 94 valence electrons. The van der Waals surface area contributed by atoms with E-state index in [2.05, 4.69) is 4.98 Å². The largest absolute Gasteiger partial charge is 0.315 e. The maximum absolute atomic E-state index is 13.7. The van der Waals surface area contributed by atoms with Gasteiger partial charge in [-0.1, -0.05) is 23.5 Å². The van der Waals surface area contributed by atoms with E-state index in [-0.39, 0.29) is 11.6 Å². The molecular formula is C13H13FN2OS. The third-order valence-corrected chi connectivity index (χ3v) is 3.65. The van der Waals surface area contributed by atoms with Gasteiger partial charge in [0.05, 0.1) is 16.8 Å². The summed E-state index contributed by atoms with van der Waals surface area (Å²) in [7, 11) is 0. The Labute approximate surface area is 109 Å². The van der Waals surface area contributed by atoms with Gasteiger partial charge in [-0.25, -0.2) is 9.37 Å². The van der Waals surface area contributed by atoms with Gasteiger partial charge in [0.25, 0.3) is 0 Å². The predicted molar refractivity (Wildman–Crippen MR) is 71.2 cm³/mol. The summed E-state index contributed by atoms with van der Waals surface area (Å²) in [4.78, 5) is 17.8. The zero-order valence-electron chi connectivity index (χ0n) is 10.2. The minimum Gasteiger partial charge on any atom is -0.315 e. The van der Waals surface area contributed by atoms with E-state index in [0.29, 0.717) is 22.2 Å². The standard InChI is InChI=1S/C13H13FN2OS/c1-3-16(11-7-5-4-6-10(11)14)13-15-8-12(18-13)9(2)17/h4-8H,3H2,1-2H3. The number of halogens is 1. The van der Waals surface area contributed by atoms with Crippen molar-refractivity contribution in [3.63, 3.8) is 0 Å². The van der Waals surface area contributed by atoms with Crippen molar-refractivity contribution >= 4 is 27.9 Å². The molecule has 0 N–H and O–H groups in total. The van der Waals surface area contributed by atoms with E-state index >= 15 is 0 Å². The number of carbonyl (C=O) groups is 1. The zero-order valence-corrected chi connectivity index (χ0v) is 11.0. The van der Waals surface area contributed by atoms with E-state index in [1.165, 1.54) is 30.5 Å². The number of hydrogen-bond donors (Lipinski definition) is 0. The summed E-state index contributed by atoms with van der Waals surface area (Å²) in [5.74, 6) is -0.317. The number of anilines is 2. The number of ketones is 1. The molecule has 1 aromatic heterocycles. The molecule has 3 nitrogen and oxygen atoms in total. The minimum atomic E-state index is -0.293. The average Bonchev–Trinajstić information content (AvgIpc) is 2.82.